The Kier molecular flexibility index (Phi) is 11.5. The number of nitrogens with zero attached hydrogens (tertiary/aromatic N) is 6. The number of hydrogen-bond acceptors (Lipinski definition) is 3. The molecular formula is C88H60N6S. The molecule has 0 fully saturated rings. The van der Waals surface area contributed by atoms with Gasteiger partial charge in [0, 0.05) is 97.9 Å². The Morgan fingerprint density at radius 1 is 0.242 bits per heavy atom. The van der Waals surface area contributed by atoms with Crippen LogP contribution in [0.5, 0.6) is 0 Å². The van der Waals surface area contributed by atoms with Crippen molar-refractivity contribution in [3.05, 3.63) is 315 Å². The highest BCUT2D eigenvalue weighted by atomic mass is 32.2. The molecule has 6 nitrogen and oxygen atoms in total. The van der Waals surface area contributed by atoms with E-state index in [2.05, 4.69) is 358 Å². The van der Waals surface area contributed by atoms with Crippen molar-refractivity contribution in [2.24, 2.45) is 0 Å². The molecule has 6 heterocycles. The SMILES string of the molecule is CC(C)(C)c1cc2c3c(c1)N(c1c(-c4cccc5c6ccccc6n(-c6ccccc6)c45)cccc1-c1cccc4c5ccccc5n(-c5ccccc5)c14)c1cc(-n4c5ccccc5c5ccccc54)ccc1N3c1ccc(-n3c4ccccc4c4ccccc43)cc1S2. The minimum atomic E-state index is -0.244. The van der Waals surface area contributed by atoms with Gasteiger partial charge < -0.3 is 28.1 Å². The van der Waals surface area contributed by atoms with Crippen LogP contribution in [0.15, 0.2) is 319 Å². The molecule has 0 aliphatic carbocycles. The van der Waals surface area contributed by atoms with Crippen LogP contribution in [-0.2, 0) is 5.41 Å². The van der Waals surface area contributed by atoms with Gasteiger partial charge in [-0.25, -0.2) is 0 Å². The molecular weight excluding hydrogens is 1170 g/mol. The van der Waals surface area contributed by atoms with Crippen LogP contribution >= 0.6 is 11.8 Å². The molecule has 0 spiro atoms. The molecule has 0 amide bonds. The van der Waals surface area contributed by atoms with E-state index >= 15 is 0 Å². The van der Waals surface area contributed by atoms with Crippen molar-refractivity contribution in [2.45, 2.75) is 36.0 Å². The predicted molar refractivity (Wildman–Crippen MR) is 400 cm³/mol. The second-order valence-corrected chi connectivity index (χ2v) is 27.5. The number of fused-ring (bicyclic) bond motifs is 16. The maximum absolute atomic E-state index is 2.70. The Morgan fingerprint density at radius 2 is 0.611 bits per heavy atom. The van der Waals surface area contributed by atoms with E-state index in [0.29, 0.717) is 0 Å². The molecule has 4 aromatic heterocycles. The Bertz CT molecular complexity index is 5970. The molecule has 0 radical (unpaired) electrons. The summed E-state index contributed by atoms with van der Waals surface area (Å²) in [5.41, 5.74) is 25.9. The summed E-state index contributed by atoms with van der Waals surface area (Å²) < 4.78 is 9.94. The average Bonchev–Trinajstić information content (AvgIpc) is 1.58. The topological polar surface area (TPSA) is 26.2 Å². The Hall–Kier alpha value is -11.8. The largest absolute Gasteiger partial charge is 0.309 e. The van der Waals surface area contributed by atoms with E-state index < -0.39 is 0 Å². The van der Waals surface area contributed by atoms with Gasteiger partial charge in [-0.3, -0.25) is 0 Å². The number of benzene rings is 14. The van der Waals surface area contributed by atoms with Gasteiger partial charge in [-0.2, -0.15) is 0 Å². The van der Waals surface area contributed by atoms with Crippen LogP contribution in [0.1, 0.15) is 26.3 Å². The first-order valence-electron chi connectivity index (χ1n) is 32.8. The highest BCUT2D eigenvalue weighted by Crippen LogP contribution is 2.65. The van der Waals surface area contributed by atoms with Gasteiger partial charge >= 0.3 is 0 Å². The fraction of sp³-hybridized carbons (Fsp3) is 0.0455. The molecule has 20 rings (SSSR count). The van der Waals surface area contributed by atoms with Crippen LogP contribution in [0, 0.1) is 0 Å². The third-order valence-corrected chi connectivity index (χ3v) is 21.2. The van der Waals surface area contributed by atoms with Crippen molar-refractivity contribution in [3.63, 3.8) is 0 Å². The van der Waals surface area contributed by atoms with Crippen molar-refractivity contribution in [2.75, 3.05) is 9.80 Å². The second kappa shape index (κ2) is 20.4. The Morgan fingerprint density at radius 3 is 1.07 bits per heavy atom. The highest BCUT2D eigenvalue weighted by molar-refractivity contribution is 7.99. The maximum Gasteiger partial charge on any atom is 0.0844 e. The summed E-state index contributed by atoms with van der Waals surface area (Å²) in [4.78, 5) is 7.70. The van der Waals surface area contributed by atoms with Crippen molar-refractivity contribution in [1.82, 2.24) is 18.3 Å². The molecule has 2 aliphatic heterocycles. The minimum Gasteiger partial charge on any atom is -0.309 e. The van der Waals surface area contributed by atoms with Gasteiger partial charge in [-0.05, 0) is 120 Å². The van der Waals surface area contributed by atoms with E-state index in [0.717, 1.165) is 112 Å². The van der Waals surface area contributed by atoms with Gasteiger partial charge in [0.05, 0.1) is 78.3 Å². The van der Waals surface area contributed by atoms with E-state index in [1.165, 1.54) is 69.5 Å². The lowest BCUT2D eigenvalue weighted by Crippen LogP contribution is -2.28. The van der Waals surface area contributed by atoms with Gasteiger partial charge in [0.15, 0.2) is 0 Å². The molecule has 0 N–H and O–H groups in total. The van der Waals surface area contributed by atoms with E-state index in [4.69, 9.17) is 0 Å². The zero-order valence-electron chi connectivity index (χ0n) is 52.5. The van der Waals surface area contributed by atoms with Crippen molar-refractivity contribution < 1.29 is 0 Å². The maximum atomic E-state index is 2.70. The first-order chi connectivity index (χ1) is 46.8. The highest BCUT2D eigenvalue weighted by Gasteiger charge is 2.41. The number of hydrogen-bond donors (Lipinski definition) is 0. The summed E-state index contributed by atoms with van der Waals surface area (Å²) in [7, 11) is 0. The summed E-state index contributed by atoms with van der Waals surface area (Å²) in [5, 5.41) is 9.76. The van der Waals surface area contributed by atoms with Crippen LogP contribution in [0.3, 0.4) is 0 Å². The van der Waals surface area contributed by atoms with Gasteiger partial charge in [0.25, 0.3) is 0 Å². The Balaban J connectivity index is 0.942. The third kappa shape index (κ3) is 7.82. The normalized spacial score (nSPS) is 12.9. The zero-order chi connectivity index (χ0) is 62.8. The third-order valence-electron chi connectivity index (χ3n) is 20.2. The quantitative estimate of drug-likeness (QED) is 0.159. The molecule has 448 valence electrons. The van der Waals surface area contributed by atoms with E-state index in [1.54, 1.807) is 0 Å². The first kappa shape index (κ1) is 53.8. The van der Waals surface area contributed by atoms with Gasteiger partial charge in [0.2, 0.25) is 0 Å². The Labute approximate surface area is 553 Å². The predicted octanol–water partition coefficient (Wildman–Crippen LogP) is 24.4. The number of anilines is 6. The van der Waals surface area contributed by atoms with E-state index in [-0.39, 0.29) is 5.41 Å². The summed E-state index contributed by atoms with van der Waals surface area (Å²) in [5.74, 6) is 0. The molecule has 0 saturated carbocycles. The van der Waals surface area contributed by atoms with Crippen LogP contribution in [0.4, 0.5) is 34.1 Å². The minimum absolute atomic E-state index is 0.244. The van der Waals surface area contributed by atoms with E-state index in [9.17, 15) is 0 Å². The van der Waals surface area contributed by atoms with Gasteiger partial charge in [0.1, 0.15) is 0 Å². The smallest absolute Gasteiger partial charge is 0.0844 e. The lowest BCUT2D eigenvalue weighted by atomic mass is 9.85. The van der Waals surface area contributed by atoms with E-state index in [1.807, 2.05) is 11.8 Å². The second-order valence-electron chi connectivity index (χ2n) is 26.4. The molecule has 0 atom stereocenters. The molecule has 7 heteroatoms. The van der Waals surface area contributed by atoms with Crippen molar-refractivity contribution >= 4 is 133 Å². The number of rotatable bonds is 7. The molecule has 2 aliphatic rings. The van der Waals surface area contributed by atoms with Crippen molar-refractivity contribution in [3.8, 4) is 45.0 Å². The fourth-order valence-corrected chi connectivity index (χ4v) is 17.2. The first-order valence-corrected chi connectivity index (χ1v) is 33.6. The summed E-state index contributed by atoms with van der Waals surface area (Å²) in [6.07, 6.45) is 0. The monoisotopic (exact) mass is 1230 g/mol. The number of para-hydroxylation sites is 11. The molecule has 0 bridgehead atoms. The van der Waals surface area contributed by atoms with Gasteiger partial charge in [-0.15, -0.1) is 0 Å². The summed E-state index contributed by atoms with van der Waals surface area (Å²) in [6.45, 7) is 7.11. The summed E-state index contributed by atoms with van der Waals surface area (Å²) >= 11 is 1.89. The standard InChI is InChI=1S/C88H60N6S/c1-88(2,3)55-51-81-87-83(52-55)95-82-54-59(90-74-43-18-12-31-62(74)63-32-13-19-44-75(63)90)48-50-79(82)93(87)78-49-47-58(89-72-41-16-10-29-60(72)61-30-11-17-42-73(61)89)53-80(78)94(81)86-70(68-37-22-35-66-64-33-14-20-45-76(64)91(84(66)68)56-25-6-4-7-26-56)39-24-40-71(86)69-38-23-36-67-65-34-15-21-46-77(65)92(85(67)69)57-27-8-5-9-28-57/h4-54H,1-3H3. The molecule has 95 heavy (non-hydrogen) atoms. The van der Waals surface area contributed by atoms with Crippen LogP contribution in [0.2, 0.25) is 0 Å². The lowest BCUT2D eigenvalue weighted by Gasteiger charge is -2.45. The molecule has 14 aromatic carbocycles. The fourth-order valence-electron chi connectivity index (χ4n) is 16.1. The van der Waals surface area contributed by atoms with Crippen molar-refractivity contribution in [1.29, 1.82) is 0 Å². The molecule has 18 aromatic rings. The molecule has 0 unspecified atom stereocenters. The summed E-state index contributed by atoms with van der Waals surface area (Å²) in [6, 6.07) is 116. The van der Waals surface area contributed by atoms with Crippen LogP contribution < -0.4 is 9.80 Å². The molecule has 0 saturated heterocycles. The van der Waals surface area contributed by atoms with Gasteiger partial charge in [-0.1, -0.05) is 233 Å². The lowest BCUT2D eigenvalue weighted by molar-refractivity contribution is 0.588. The zero-order valence-corrected chi connectivity index (χ0v) is 53.4. The number of aromatic nitrogens is 4. The van der Waals surface area contributed by atoms with Crippen LogP contribution in [-0.4, -0.2) is 18.3 Å². The van der Waals surface area contributed by atoms with Crippen LogP contribution in [0.25, 0.3) is 132 Å². The average molecular weight is 1230 g/mol.